The summed E-state index contributed by atoms with van der Waals surface area (Å²) in [7, 11) is 0. The molecule has 0 atom stereocenters. The van der Waals surface area contributed by atoms with Gasteiger partial charge in [0.25, 0.3) is 0 Å². The molecule has 0 heterocycles. The molecule has 0 saturated carbocycles. The van der Waals surface area contributed by atoms with Crippen LogP contribution < -0.4 is 0 Å². The predicted molar refractivity (Wildman–Crippen MR) is 93.5 cm³/mol. The summed E-state index contributed by atoms with van der Waals surface area (Å²) >= 11 is 0. The first-order valence-electron chi connectivity index (χ1n) is 6.48. The van der Waals surface area contributed by atoms with Crippen LogP contribution in [0.25, 0.3) is 0 Å². The highest BCUT2D eigenvalue weighted by atomic mass is 13.7. The van der Waals surface area contributed by atoms with Crippen molar-refractivity contribution in [1.82, 2.24) is 0 Å². The van der Waals surface area contributed by atoms with Crippen molar-refractivity contribution >= 4 is 0 Å². The second-order valence-electron chi connectivity index (χ2n) is 3.55. The Bertz CT molecular complexity index is 426. The average molecular weight is 262 g/mol. The Kier molecular flexibility index (Phi) is 14.3. The van der Waals surface area contributed by atoms with E-state index >= 15 is 0 Å². The first kappa shape index (κ1) is 17.4. The third-order valence-electron chi connectivity index (χ3n) is 1.94. The van der Waals surface area contributed by atoms with Crippen molar-refractivity contribution in [3.63, 3.8) is 0 Å². The van der Waals surface area contributed by atoms with Gasteiger partial charge in [-0.05, 0) is 0 Å². The fraction of sp³-hybridized carbons (Fsp3) is 0. The van der Waals surface area contributed by atoms with Crippen LogP contribution in [0.5, 0.6) is 0 Å². The minimum atomic E-state index is 1.75. The highest BCUT2D eigenvalue weighted by molar-refractivity contribution is 5.22. The molecule has 0 radical (unpaired) electrons. The van der Waals surface area contributed by atoms with E-state index in [-0.39, 0.29) is 0 Å². The van der Waals surface area contributed by atoms with Gasteiger partial charge in [0.15, 0.2) is 0 Å². The molecule has 0 aromatic carbocycles. The average Bonchev–Trinajstić information content (AvgIpc) is 2.47. The number of hydrogen-bond acceptors (Lipinski definition) is 0. The third-order valence-corrected chi connectivity index (χ3v) is 1.94. The Morgan fingerprint density at radius 3 is 0.550 bits per heavy atom. The van der Waals surface area contributed by atoms with Crippen LogP contribution in [0.15, 0.2) is 123 Å². The lowest BCUT2D eigenvalue weighted by atomic mass is 10.3. The quantitative estimate of drug-likeness (QED) is 0.460. The maximum Gasteiger partial charge on any atom is -0.0623 e. The highest BCUT2D eigenvalue weighted by Gasteiger charge is 1.64. The Balaban J connectivity index is 3.86. The zero-order chi connectivity index (χ0) is 14.7. The lowest BCUT2D eigenvalue weighted by Gasteiger charge is -1.75. The van der Waals surface area contributed by atoms with Crippen molar-refractivity contribution in [2.75, 3.05) is 0 Å². The molecule has 20 heavy (non-hydrogen) atoms. The molecule has 102 valence electrons. The van der Waals surface area contributed by atoms with E-state index in [1.165, 1.54) is 0 Å². The Morgan fingerprint density at radius 2 is 0.400 bits per heavy atom. The van der Waals surface area contributed by atoms with Crippen LogP contribution in [-0.2, 0) is 0 Å². The molecule has 0 aliphatic rings. The van der Waals surface area contributed by atoms with E-state index in [0.29, 0.717) is 0 Å². The normalized spacial score (nSPS) is 13.8. The summed E-state index contributed by atoms with van der Waals surface area (Å²) in [6.07, 6.45) is 34.8. The van der Waals surface area contributed by atoms with Gasteiger partial charge in [0, 0.05) is 0 Å². The molecule has 0 aliphatic carbocycles. The fourth-order valence-corrected chi connectivity index (χ4v) is 1.06. The summed E-state index contributed by atoms with van der Waals surface area (Å²) < 4.78 is 0. The van der Waals surface area contributed by atoms with E-state index in [4.69, 9.17) is 0 Å². The molecule has 0 unspecified atom stereocenters. The standard InChI is InChI=1S/C20H22/c1-3-5-7-9-11-13-15-17-19-20-18-16-14-12-10-8-6-4-2/h3-20H,1-2H2/b7-5+,8-6+,11-9+,12-10+,15-13-,16-14-,19-17+,20-18+. The van der Waals surface area contributed by atoms with Gasteiger partial charge in [0.05, 0.1) is 0 Å². The van der Waals surface area contributed by atoms with Gasteiger partial charge in [-0.1, -0.05) is 123 Å². The van der Waals surface area contributed by atoms with Crippen molar-refractivity contribution < 1.29 is 0 Å². The molecule has 0 nitrogen and oxygen atoms in total. The minimum absolute atomic E-state index is 1.75. The zero-order valence-electron chi connectivity index (χ0n) is 11.8. The van der Waals surface area contributed by atoms with E-state index in [2.05, 4.69) is 13.2 Å². The second kappa shape index (κ2) is 16.4. The molecule has 0 amide bonds. The van der Waals surface area contributed by atoms with Crippen LogP contribution in [0.3, 0.4) is 0 Å². The van der Waals surface area contributed by atoms with E-state index in [1.807, 2.05) is 97.2 Å². The highest BCUT2D eigenvalue weighted by Crippen LogP contribution is 1.86. The molecular formula is C20H22. The molecule has 0 aromatic heterocycles. The van der Waals surface area contributed by atoms with E-state index in [0.717, 1.165) is 0 Å². The van der Waals surface area contributed by atoms with E-state index in [9.17, 15) is 0 Å². The van der Waals surface area contributed by atoms with Crippen LogP contribution in [0.2, 0.25) is 0 Å². The molecule has 0 rings (SSSR count). The smallest absolute Gasteiger partial charge is 0.0623 e. The third kappa shape index (κ3) is 15.4. The van der Waals surface area contributed by atoms with Crippen LogP contribution in [-0.4, -0.2) is 0 Å². The molecule has 0 aliphatic heterocycles. The van der Waals surface area contributed by atoms with Gasteiger partial charge in [-0.2, -0.15) is 0 Å². The van der Waals surface area contributed by atoms with Crippen LogP contribution in [0.4, 0.5) is 0 Å². The Hall–Kier alpha value is -2.60. The molecule has 0 spiro atoms. The first-order chi connectivity index (χ1) is 9.91. The minimum Gasteiger partial charge on any atom is -0.0991 e. The summed E-state index contributed by atoms with van der Waals surface area (Å²) in [5.41, 5.74) is 0. The number of hydrogen-bond donors (Lipinski definition) is 0. The summed E-state index contributed by atoms with van der Waals surface area (Å²) in [4.78, 5) is 0. The maximum atomic E-state index is 3.59. The summed E-state index contributed by atoms with van der Waals surface area (Å²) in [5, 5.41) is 0. The van der Waals surface area contributed by atoms with Gasteiger partial charge < -0.3 is 0 Å². The van der Waals surface area contributed by atoms with Crippen molar-refractivity contribution in [2.45, 2.75) is 0 Å². The van der Waals surface area contributed by atoms with Crippen molar-refractivity contribution in [2.24, 2.45) is 0 Å². The Morgan fingerprint density at radius 1 is 0.250 bits per heavy atom. The van der Waals surface area contributed by atoms with E-state index < -0.39 is 0 Å². The predicted octanol–water partition coefficient (Wildman–Crippen LogP) is 5.81. The molecule has 0 bridgehead atoms. The lowest BCUT2D eigenvalue weighted by Crippen LogP contribution is -1.53. The van der Waals surface area contributed by atoms with Gasteiger partial charge in [0.2, 0.25) is 0 Å². The van der Waals surface area contributed by atoms with Gasteiger partial charge in [-0.3, -0.25) is 0 Å². The van der Waals surface area contributed by atoms with Gasteiger partial charge in [0.1, 0.15) is 0 Å². The molecular weight excluding hydrogens is 240 g/mol. The molecule has 0 fully saturated rings. The topological polar surface area (TPSA) is 0 Å². The summed E-state index contributed by atoms with van der Waals surface area (Å²) in [6, 6.07) is 0. The maximum absolute atomic E-state index is 3.59. The molecule has 0 heteroatoms. The van der Waals surface area contributed by atoms with Crippen molar-refractivity contribution in [3.05, 3.63) is 123 Å². The van der Waals surface area contributed by atoms with E-state index in [1.54, 1.807) is 12.2 Å². The SMILES string of the molecule is C=C/C=C/C=C/C=C\C=C\C=C\C=C/C=C/C=C/C=C. The molecule has 0 saturated heterocycles. The fourth-order valence-electron chi connectivity index (χ4n) is 1.06. The summed E-state index contributed by atoms with van der Waals surface area (Å²) in [5.74, 6) is 0. The number of rotatable bonds is 9. The molecule has 0 aromatic rings. The van der Waals surface area contributed by atoms with Gasteiger partial charge in [-0.25, -0.2) is 0 Å². The van der Waals surface area contributed by atoms with Crippen LogP contribution in [0.1, 0.15) is 0 Å². The lowest BCUT2D eigenvalue weighted by molar-refractivity contribution is 1.83. The van der Waals surface area contributed by atoms with Crippen LogP contribution in [0, 0.1) is 0 Å². The van der Waals surface area contributed by atoms with Gasteiger partial charge in [-0.15, -0.1) is 0 Å². The monoisotopic (exact) mass is 262 g/mol. The van der Waals surface area contributed by atoms with Crippen molar-refractivity contribution in [3.8, 4) is 0 Å². The van der Waals surface area contributed by atoms with Crippen LogP contribution >= 0.6 is 0 Å². The summed E-state index contributed by atoms with van der Waals surface area (Å²) in [6.45, 7) is 7.19. The van der Waals surface area contributed by atoms with Crippen molar-refractivity contribution in [1.29, 1.82) is 0 Å². The van der Waals surface area contributed by atoms with Gasteiger partial charge >= 0.3 is 0 Å². The second-order valence-corrected chi connectivity index (χ2v) is 3.55. The zero-order valence-corrected chi connectivity index (χ0v) is 11.8. The first-order valence-corrected chi connectivity index (χ1v) is 6.48. The number of allylic oxidation sites excluding steroid dienone is 18. The largest absolute Gasteiger partial charge is 0.0991 e. The molecule has 0 N–H and O–H groups in total. The Labute approximate surface area is 123 Å².